The number of rotatable bonds is 3. The zero-order valence-electron chi connectivity index (χ0n) is 12.3. The maximum absolute atomic E-state index is 6.35. The molecule has 4 nitrogen and oxygen atoms in total. The minimum Gasteiger partial charge on any atom is -0.367 e. The number of fused-ring (bicyclic) bond motifs is 1. The Labute approximate surface area is 138 Å². The molecule has 0 atom stereocenters. The van der Waals surface area contributed by atoms with Gasteiger partial charge in [0.05, 0.1) is 5.02 Å². The molecule has 22 heavy (non-hydrogen) atoms. The first-order chi connectivity index (χ1) is 10.7. The summed E-state index contributed by atoms with van der Waals surface area (Å²) in [5.41, 5.74) is 3.06. The normalized spacial score (nSPS) is 15.7. The Morgan fingerprint density at radius 3 is 2.95 bits per heavy atom. The number of thiazole rings is 1. The fourth-order valence-corrected chi connectivity index (χ4v) is 4.22. The molecule has 114 valence electrons. The molecule has 0 radical (unpaired) electrons. The molecule has 1 N–H and O–H groups in total. The summed E-state index contributed by atoms with van der Waals surface area (Å²) in [7, 11) is 0. The summed E-state index contributed by atoms with van der Waals surface area (Å²) in [6.45, 7) is 2.11. The van der Waals surface area contributed by atoms with E-state index in [1.54, 1.807) is 23.7 Å². The van der Waals surface area contributed by atoms with Crippen molar-refractivity contribution in [3.63, 3.8) is 0 Å². The van der Waals surface area contributed by atoms with Gasteiger partial charge in [-0.2, -0.15) is 0 Å². The molecule has 0 amide bonds. The molecule has 3 aromatic heterocycles. The predicted octanol–water partition coefficient (Wildman–Crippen LogP) is 4.77. The quantitative estimate of drug-likeness (QED) is 0.751. The van der Waals surface area contributed by atoms with E-state index in [0.29, 0.717) is 11.1 Å². The monoisotopic (exact) mass is 332 g/mol. The van der Waals surface area contributed by atoms with Gasteiger partial charge in [-0.1, -0.05) is 24.4 Å². The largest absolute Gasteiger partial charge is 0.367 e. The van der Waals surface area contributed by atoms with Gasteiger partial charge in [0, 0.05) is 35.1 Å². The molecule has 1 fully saturated rings. The third-order valence-corrected chi connectivity index (χ3v) is 5.50. The number of hydrogen-bond donors (Lipinski definition) is 1. The van der Waals surface area contributed by atoms with Gasteiger partial charge in [-0.05, 0) is 25.8 Å². The highest BCUT2D eigenvalue weighted by Gasteiger charge is 2.22. The van der Waals surface area contributed by atoms with Crippen LogP contribution in [0.3, 0.4) is 0 Å². The molecule has 0 spiro atoms. The molecular formula is C16H17ClN4S. The lowest BCUT2D eigenvalue weighted by Gasteiger charge is -2.15. The average Bonchev–Trinajstić information content (AvgIpc) is 3.21. The Morgan fingerprint density at radius 1 is 1.36 bits per heavy atom. The van der Waals surface area contributed by atoms with E-state index in [-0.39, 0.29) is 0 Å². The maximum atomic E-state index is 6.35. The van der Waals surface area contributed by atoms with Crippen molar-refractivity contribution in [2.45, 2.75) is 38.6 Å². The second-order valence-corrected chi connectivity index (χ2v) is 7.03. The Hall–Kier alpha value is -1.59. The van der Waals surface area contributed by atoms with Gasteiger partial charge in [0.2, 0.25) is 0 Å². The smallest absolute Gasteiger partial charge is 0.196 e. The summed E-state index contributed by atoms with van der Waals surface area (Å²) in [4.78, 5) is 9.89. The van der Waals surface area contributed by atoms with E-state index < -0.39 is 0 Å². The molecular weight excluding hydrogens is 316 g/mol. The zero-order valence-corrected chi connectivity index (χ0v) is 13.9. The van der Waals surface area contributed by atoms with Crippen LogP contribution < -0.4 is 5.32 Å². The summed E-state index contributed by atoms with van der Waals surface area (Å²) in [6, 6.07) is 2.46. The van der Waals surface area contributed by atoms with Crippen LogP contribution in [0.2, 0.25) is 5.02 Å². The minimum atomic E-state index is 0.526. The molecule has 0 unspecified atom stereocenters. The number of halogens is 1. The van der Waals surface area contributed by atoms with E-state index in [4.69, 9.17) is 16.6 Å². The van der Waals surface area contributed by atoms with Gasteiger partial charge < -0.3 is 5.32 Å². The van der Waals surface area contributed by atoms with Gasteiger partial charge in [-0.3, -0.25) is 9.38 Å². The second-order valence-electron chi connectivity index (χ2n) is 5.79. The molecule has 3 aromatic rings. The average molecular weight is 333 g/mol. The van der Waals surface area contributed by atoms with E-state index in [9.17, 15) is 0 Å². The van der Waals surface area contributed by atoms with Crippen molar-refractivity contribution in [2.75, 3.05) is 5.32 Å². The van der Waals surface area contributed by atoms with Crippen molar-refractivity contribution in [3.05, 3.63) is 34.6 Å². The SMILES string of the molecule is Cc1csc2nc(-c3ccncc3Cl)c(NC3CCCC3)n12. The molecule has 1 saturated carbocycles. The summed E-state index contributed by atoms with van der Waals surface area (Å²) >= 11 is 8.01. The van der Waals surface area contributed by atoms with Gasteiger partial charge >= 0.3 is 0 Å². The topological polar surface area (TPSA) is 42.2 Å². The van der Waals surface area contributed by atoms with Crippen molar-refractivity contribution in [1.82, 2.24) is 14.4 Å². The van der Waals surface area contributed by atoms with Crippen molar-refractivity contribution in [1.29, 1.82) is 0 Å². The lowest BCUT2D eigenvalue weighted by molar-refractivity contribution is 0.748. The molecule has 1 aliphatic carbocycles. The van der Waals surface area contributed by atoms with Crippen LogP contribution in [0.15, 0.2) is 23.8 Å². The third kappa shape index (κ3) is 2.29. The first-order valence-corrected chi connectivity index (χ1v) is 8.83. The van der Waals surface area contributed by atoms with Crippen LogP contribution in [-0.4, -0.2) is 20.4 Å². The number of pyridine rings is 1. The van der Waals surface area contributed by atoms with Crippen LogP contribution in [0.4, 0.5) is 5.82 Å². The highest BCUT2D eigenvalue weighted by molar-refractivity contribution is 7.15. The Kier molecular flexibility index (Phi) is 3.54. The minimum absolute atomic E-state index is 0.526. The second kappa shape index (κ2) is 5.56. The lowest BCUT2D eigenvalue weighted by Crippen LogP contribution is -2.16. The first kappa shape index (κ1) is 14.0. The Balaban J connectivity index is 1.88. The number of nitrogens with one attached hydrogen (secondary N) is 1. The summed E-state index contributed by atoms with van der Waals surface area (Å²) < 4.78 is 2.20. The highest BCUT2D eigenvalue weighted by atomic mass is 35.5. The van der Waals surface area contributed by atoms with Crippen LogP contribution >= 0.6 is 22.9 Å². The third-order valence-electron chi connectivity index (χ3n) is 4.26. The summed E-state index contributed by atoms with van der Waals surface area (Å²) in [5.74, 6) is 1.06. The van der Waals surface area contributed by atoms with Gasteiger partial charge in [-0.25, -0.2) is 4.98 Å². The standard InChI is InChI=1S/C16H17ClN4S/c1-10-9-22-16-20-14(12-6-7-18-8-13(12)17)15(21(10)16)19-11-4-2-3-5-11/h6-9,11,19H,2-5H2,1H3. The number of nitrogens with zero attached hydrogens (tertiary/aromatic N) is 3. The van der Waals surface area contributed by atoms with Crippen LogP contribution in [0, 0.1) is 6.92 Å². The predicted molar refractivity (Wildman–Crippen MR) is 91.9 cm³/mol. The lowest BCUT2D eigenvalue weighted by atomic mass is 10.2. The van der Waals surface area contributed by atoms with E-state index >= 15 is 0 Å². The van der Waals surface area contributed by atoms with Crippen molar-refractivity contribution >= 4 is 33.7 Å². The Bertz CT molecular complexity index is 817. The molecule has 0 aliphatic heterocycles. The summed E-state index contributed by atoms with van der Waals surface area (Å²) in [5, 5.41) is 6.49. The molecule has 4 rings (SSSR count). The Morgan fingerprint density at radius 2 is 2.18 bits per heavy atom. The van der Waals surface area contributed by atoms with Crippen LogP contribution in [0.1, 0.15) is 31.4 Å². The maximum Gasteiger partial charge on any atom is 0.196 e. The zero-order chi connectivity index (χ0) is 15.1. The van der Waals surface area contributed by atoms with Gasteiger partial charge in [-0.15, -0.1) is 11.3 Å². The molecule has 6 heteroatoms. The molecule has 3 heterocycles. The number of hydrogen-bond acceptors (Lipinski definition) is 4. The number of aromatic nitrogens is 3. The van der Waals surface area contributed by atoms with E-state index in [1.165, 1.54) is 31.4 Å². The van der Waals surface area contributed by atoms with Gasteiger partial charge in [0.25, 0.3) is 0 Å². The van der Waals surface area contributed by atoms with E-state index in [0.717, 1.165) is 22.0 Å². The van der Waals surface area contributed by atoms with Crippen molar-refractivity contribution in [3.8, 4) is 11.3 Å². The molecule has 0 saturated heterocycles. The van der Waals surface area contributed by atoms with Crippen molar-refractivity contribution < 1.29 is 0 Å². The van der Waals surface area contributed by atoms with Crippen molar-refractivity contribution in [2.24, 2.45) is 0 Å². The van der Waals surface area contributed by atoms with Gasteiger partial charge in [0.15, 0.2) is 4.96 Å². The first-order valence-electron chi connectivity index (χ1n) is 7.57. The molecule has 0 bridgehead atoms. The van der Waals surface area contributed by atoms with Crippen LogP contribution in [0.25, 0.3) is 16.2 Å². The number of anilines is 1. The molecule has 0 aromatic carbocycles. The van der Waals surface area contributed by atoms with Crippen LogP contribution in [0.5, 0.6) is 0 Å². The van der Waals surface area contributed by atoms with Gasteiger partial charge in [0.1, 0.15) is 11.5 Å². The van der Waals surface area contributed by atoms with E-state index in [2.05, 4.69) is 27.0 Å². The summed E-state index contributed by atoms with van der Waals surface area (Å²) in [6.07, 6.45) is 8.48. The number of aryl methyl sites for hydroxylation is 1. The fourth-order valence-electron chi connectivity index (χ4n) is 3.15. The molecule has 1 aliphatic rings. The highest BCUT2D eigenvalue weighted by Crippen LogP contribution is 2.37. The fraction of sp³-hybridized carbons (Fsp3) is 0.375. The number of imidazole rings is 1. The van der Waals surface area contributed by atoms with Crippen LogP contribution in [-0.2, 0) is 0 Å². The van der Waals surface area contributed by atoms with E-state index in [1.807, 2.05) is 6.07 Å².